The highest BCUT2D eigenvalue weighted by molar-refractivity contribution is 7.25. The molecule has 0 fully saturated rings. The molecule has 0 aliphatic carbocycles. The summed E-state index contributed by atoms with van der Waals surface area (Å²) in [6.07, 6.45) is 0.893. The number of fused-ring (bicyclic) bond motifs is 3. The topological polar surface area (TPSA) is 81.8 Å². The zero-order valence-corrected chi connectivity index (χ0v) is 15.8. The van der Waals surface area contributed by atoms with E-state index in [1.54, 1.807) is 23.5 Å². The number of aromatic hydroxyl groups is 1. The van der Waals surface area contributed by atoms with Crippen molar-refractivity contribution in [2.24, 2.45) is 0 Å². The largest absolute Gasteiger partial charge is 0.506 e. The number of nitrogens with one attached hydrogen (secondary N) is 1. The van der Waals surface area contributed by atoms with Crippen molar-refractivity contribution in [3.8, 4) is 11.8 Å². The van der Waals surface area contributed by atoms with Gasteiger partial charge in [-0.15, -0.1) is 11.3 Å². The molecule has 0 unspecified atom stereocenters. The lowest BCUT2D eigenvalue weighted by atomic mass is 10.2. The van der Waals surface area contributed by atoms with Gasteiger partial charge in [0.15, 0.2) is 0 Å². The second kappa shape index (κ2) is 7.39. The summed E-state index contributed by atoms with van der Waals surface area (Å²) >= 11 is 7.62. The molecule has 27 heavy (non-hydrogen) atoms. The number of nitrogens with zero attached hydrogens (tertiary/aromatic N) is 3. The number of nitriles is 1. The maximum Gasteiger partial charge on any atom is 0.139 e. The van der Waals surface area contributed by atoms with Crippen LogP contribution in [0.15, 0.2) is 42.5 Å². The van der Waals surface area contributed by atoms with Gasteiger partial charge in [0.25, 0.3) is 0 Å². The first-order chi connectivity index (χ1) is 13.2. The maximum absolute atomic E-state index is 9.58. The number of aryl methyl sites for hydroxylation is 1. The molecule has 5 nitrogen and oxygen atoms in total. The zero-order valence-electron chi connectivity index (χ0n) is 14.2. The summed E-state index contributed by atoms with van der Waals surface area (Å²) in [5, 5.41) is 24.2. The molecular formula is C20H15ClN4OS. The van der Waals surface area contributed by atoms with Crippen LogP contribution in [0.3, 0.4) is 0 Å². The number of phenolic OH excluding ortho intramolecular Hbond substituents is 1. The van der Waals surface area contributed by atoms with Gasteiger partial charge in [-0.3, -0.25) is 0 Å². The fourth-order valence-electron chi connectivity index (χ4n) is 2.92. The van der Waals surface area contributed by atoms with Crippen LogP contribution >= 0.6 is 22.9 Å². The number of thiophene rings is 1. The Morgan fingerprint density at radius 1 is 1.19 bits per heavy atom. The molecule has 0 aliphatic heterocycles. The van der Waals surface area contributed by atoms with E-state index in [9.17, 15) is 5.11 Å². The molecule has 2 N–H and O–H groups in total. The average molecular weight is 395 g/mol. The van der Waals surface area contributed by atoms with Gasteiger partial charge in [-0.2, -0.15) is 5.26 Å². The van der Waals surface area contributed by atoms with Crippen LogP contribution in [0.2, 0.25) is 5.02 Å². The molecule has 2 aromatic heterocycles. The average Bonchev–Trinajstić information content (AvgIpc) is 3.05. The molecule has 0 radical (unpaired) electrons. The first kappa shape index (κ1) is 17.5. The number of benzene rings is 2. The molecular weight excluding hydrogens is 380 g/mol. The third-order valence-electron chi connectivity index (χ3n) is 4.22. The maximum atomic E-state index is 9.58. The van der Waals surface area contributed by atoms with Crippen LogP contribution in [-0.2, 0) is 13.0 Å². The van der Waals surface area contributed by atoms with Gasteiger partial charge in [-0.25, -0.2) is 9.97 Å². The summed E-state index contributed by atoms with van der Waals surface area (Å²) in [5.41, 5.74) is 0.933. The molecule has 0 saturated carbocycles. The Hall–Kier alpha value is -2.88. The van der Waals surface area contributed by atoms with Gasteiger partial charge in [0.05, 0.1) is 16.5 Å². The number of halogens is 1. The Labute approximate surface area is 164 Å². The Bertz CT molecular complexity index is 1180. The zero-order chi connectivity index (χ0) is 18.8. The molecule has 4 aromatic rings. The van der Waals surface area contributed by atoms with Gasteiger partial charge in [0.2, 0.25) is 0 Å². The molecule has 0 saturated heterocycles. The molecule has 4 rings (SSSR count). The minimum absolute atomic E-state index is 0.0625. The van der Waals surface area contributed by atoms with E-state index in [2.05, 4.69) is 33.5 Å². The number of hydrogen-bond acceptors (Lipinski definition) is 6. The van der Waals surface area contributed by atoms with Gasteiger partial charge in [0, 0.05) is 29.5 Å². The van der Waals surface area contributed by atoms with Gasteiger partial charge in [-0.1, -0.05) is 35.9 Å². The van der Waals surface area contributed by atoms with E-state index in [0.29, 0.717) is 30.2 Å². The minimum atomic E-state index is 0.0625. The van der Waals surface area contributed by atoms with Crippen molar-refractivity contribution in [3.63, 3.8) is 0 Å². The predicted octanol–water partition coefficient (Wildman–Crippen LogP) is 5.27. The number of anilines is 1. The van der Waals surface area contributed by atoms with Crippen molar-refractivity contribution < 1.29 is 5.11 Å². The Morgan fingerprint density at radius 3 is 2.85 bits per heavy atom. The van der Waals surface area contributed by atoms with Crippen LogP contribution in [0, 0.1) is 11.3 Å². The summed E-state index contributed by atoms with van der Waals surface area (Å²) < 4.78 is 1.15. The number of rotatable bonds is 5. The van der Waals surface area contributed by atoms with E-state index in [4.69, 9.17) is 16.9 Å². The summed E-state index contributed by atoms with van der Waals surface area (Å²) in [4.78, 5) is 10.2. The highest BCUT2D eigenvalue weighted by atomic mass is 35.5. The van der Waals surface area contributed by atoms with Crippen molar-refractivity contribution in [1.82, 2.24) is 9.97 Å². The molecule has 0 aliphatic rings. The second-order valence-corrected chi connectivity index (χ2v) is 7.50. The van der Waals surface area contributed by atoms with Crippen molar-refractivity contribution in [2.45, 2.75) is 19.4 Å². The first-order valence-electron chi connectivity index (χ1n) is 8.42. The molecule has 134 valence electrons. The Morgan fingerprint density at radius 2 is 2.04 bits per heavy atom. The van der Waals surface area contributed by atoms with Crippen molar-refractivity contribution in [2.75, 3.05) is 5.32 Å². The summed E-state index contributed by atoms with van der Waals surface area (Å²) in [6, 6.07) is 15.4. The second-order valence-electron chi connectivity index (χ2n) is 6.06. The highest BCUT2D eigenvalue weighted by Gasteiger charge is 2.14. The van der Waals surface area contributed by atoms with E-state index in [-0.39, 0.29) is 5.75 Å². The minimum Gasteiger partial charge on any atom is -0.506 e. The fraction of sp³-hybridized carbons (Fsp3) is 0.150. The summed E-state index contributed by atoms with van der Waals surface area (Å²) in [7, 11) is 0. The van der Waals surface area contributed by atoms with Crippen molar-refractivity contribution >= 4 is 49.1 Å². The van der Waals surface area contributed by atoms with Gasteiger partial charge in [-0.05, 0) is 23.8 Å². The smallest absolute Gasteiger partial charge is 0.139 e. The third kappa shape index (κ3) is 3.52. The fourth-order valence-corrected chi connectivity index (χ4v) is 4.22. The van der Waals surface area contributed by atoms with Gasteiger partial charge >= 0.3 is 0 Å². The van der Waals surface area contributed by atoms with Crippen LogP contribution in [0.4, 0.5) is 5.82 Å². The van der Waals surface area contributed by atoms with Gasteiger partial charge < -0.3 is 10.4 Å². The molecule has 2 heterocycles. The highest BCUT2D eigenvalue weighted by Crippen LogP contribution is 2.36. The van der Waals surface area contributed by atoms with Crippen LogP contribution in [-0.4, -0.2) is 15.1 Å². The van der Waals surface area contributed by atoms with E-state index in [1.807, 2.05) is 18.2 Å². The molecule has 2 aromatic carbocycles. The first-order valence-corrected chi connectivity index (χ1v) is 9.61. The van der Waals surface area contributed by atoms with Crippen LogP contribution < -0.4 is 5.32 Å². The van der Waals surface area contributed by atoms with E-state index >= 15 is 0 Å². The Balaban J connectivity index is 1.76. The lowest BCUT2D eigenvalue weighted by Gasteiger charge is -2.10. The number of hydrogen-bond donors (Lipinski definition) is 2. The van der Waals surface area contributed by atoms with E-state index < -0.39 is 0 Å². The van der Waals surface area contributed by atoms with Crippen molar-refractivity contribution in [1.29, 1.82) is 5.26 Å². The number of aromatic nitrogens is 2. The Kier molecular flexibility index (Phi) is 4.80. The van der Waals surface area contributed by atoms with Gasteiger partial charge in [0.1, 0.15) is 22.2 Å². The number of phenols is 1. The normalized spacial score (nSPS) is 11.0. The lowest BCUT2D eigenvalue weighted by molar-refractivity contribution is 0.475. The summed E-state index contributed by atoms with van der Waals surface area (Å²) in [6.45, 7) is 0.508. The standard InChI is InChI=1S/C20H15ClN4OS/c21-14-10-12(7-8-15(14)26)11-23-19-18-13-4-1-2-5-16(13)27-20(18)25-17(24-19)6-3-9-22/h1-2,4-5,7-8,10,26H,3,6,11H2,(H,23,24,25). The van der Waals surface area contributed by atoms with E-state index in [0.717, 1.165) is 31.7 Å². The van der Waals surface area contributed by atoms with Crippen LogP contribution in [0.5, 0.6) is 5.75 Å². The molecule has 0 amide bonds. The molecule has 0 atom stereocenters. The van der Waals surface area contributed by atoms with Crippen LogP contribution in [0.25, 0.3) is 20.3 Å². The predicted molar refractivity (Wildman–Crippen MR) is 109 cm³/mol. The monoisotopic (exact) mass is 394 g/mol. The SMILES string of the molecule is N#CCCc1nc(NCc2ccc(O)c(Cl)c2)c2c(n1)sc1ccccc12. The third-order valence-corrected chi connectivity index (χ3v) is 5.59. The van der Waals surface area contributed by atoms with E-state index in [1.165, 1.54) is 0 Å². The molecule has 7 heteroatoms. The summed E-state index contributed by atoms with van der Waals surface area (Å²) in [5.74, 6) is 1.46. The molecule has 0 bridgehead atoms. The molecule has 0 spiro atoms. The van der Waals surface area contributed by atoms with Crippen LogP contribution in [0.1, 0.15) is 17.8 Å². The van der Waals surface area contributed by atoms with Crippen molar-refractivity contribution in [3.05, 3.63) is 58.9 Å². The lowest BCUT2D eigenvalue weighted by Crippen LogP contribution is -2.05. The quantitative estimate of drug-likeness (QED) is 0.481.